The van der Waals surface area contributed by atoms with Gasteiger partial charge in [0.25, 0.3) is 0 Å². The molecule has 0 aliphatic heterocycles. The summed E-state index contributed by atoms with van der Waals surface area (Å²) in [7, 11) is 0. The molecule has 10 aromatic rings. The molecule has 2 nitrogen and oxygen atoms in total. The summed E-state index contributed by atoms with van der Waals surface area (Å²) in [4.78, 5) is 2.42. The minimum absolute atomic E-state index is 0.856. The zero-order valence-corrected chi connectivity index (χ0v) is 27.3. The minimum atomic E-state index is 0.856. The Labute approximate surface area is 287 Å². The molecular formula is C46H29NOS. The molecule has 2 heterocycles. The quantitative estimate of drug-likeness (QED) is 0.186. The van der Waals surface area contributed by atoms with E-state index in [1.54, 1.807) is 0 Å². The Morgan fingerprint density at radius 2 is 1.00 bits per heavy atom. The van der Waals surface area contributed by atoms with Crippen LogP contribution in [0.15, 0.2) is 180 Å². The maximum absolute atomic E-state index is 6.89. The number of nitrogens with zero attached hydrogens (tertiary/aromatic N) is 1. The van der Waals surface area contributed by atoms with Crippen LogP contribution >= 0.6 is 11.3 Å². The van der Waals surface area contributed by atoms with Crippen LogP contribution in [-0.2, 0) is 0 Å². The fourth-order valence-corrected chi connectivity index (χ4v) is 8.63. The number of thiophene rings is 1. The average Bonchev–Trinajstić information content (AvgIpc) is 3.74. The summed E-state index contributed by atoms with van der Waals surface area (Å²) in [6.07, 6.45) is 0. The van der Waals surface area contributed by atoms with Crippen molar-refractivity contribution in [2.45, 2.75) is 0 Å². The molecule has 0 aliphatic carbocycles. The van der Waals surface area contributed by atoms with Crippen LogP contribution in [0, 0.1) is 0 Å². The Morgan fingerprint density at radius 1 is 0.429 bits per heavy atom. The summed E-state index contributed by atoms with van der Waals surface area (Å²) in [5, 5.41) is 8.45. The molecule has 0 aliphatic rings. The number of anilines is 3. The number of hydrogen-bond acceptors (Lipinski definition) is 3. The van der Waals surface area contributed by atoms with Crippen LogP contribution in [0.2, 0.25) is 0 Å². The summed E-state index contributed by atoms with van der Waals surface area (Å²) < 4.78 is 9.42. The molecule has 49 heavy (non-hydrogen) atoms. The van der Waals surface area contributed by atoms with Gasteiger partial charge >= 0.3 is 0 Å². The first-order valence-electron chi connectivity index (χ1n) is 16.6. The molecule has 0 N–H and O–H groups in total. The van der Waals surface area contributed by atoms with Gasteiger partial charge in [-0.25, -0.2) is 0 Å². The van der Waals surface area contributed by atoms with Gasteiger partial charge < -0.3 is 9.32 Å². The standard InChI is InChI=1S/C46H29NOS/c1-3-16-34-30(12-1)14-9-20-35(34)32-26-28-33(29-27-32)47(41-23-11-22-39-37-18-6-8-25-43(37)49-46(39)41)44-40-19-5-7-24-42(40)48-45(44)38-21-10-15-31-13-2-4-17-36(31)38/h1-29H. The summed E-state index contributed by atoms with van der Waals surface area (Å²) in [5.41, 5.74) is 7.59. The van der Waals surface area contributed by atoms with E-state index in [1.807, 2.05) is 11.3 Å². The van der Waals surface area contributed by atoms with Gasteiger partial charge in [0.15, 0.2) is 5.76 Å². The van der Waals surface area contributed by atoms with Crippen molar-refractivity contribution in [2.75, 3.05) is 4.90 Å². The second kappa shape index (κ2) is 11.2. The summed E-state index contributed by atoms with van der Waals surface area (Å²) >= 11 is 1.85. The molecule has 3 heteroatoms. The number of rotatable bonds is 5. The van der Waals surface area contributed by atoms with Crippen molar-refractivity contribution in [3.8, 4) is 22.5 Å². The maximum Gasteiger partial charge on any atom is 0.160 e. The first-order chi connectivity index (χ1) is 24.3. The van der Waals surface area contributed by atoms with Gasteiger partial charge in [-0.3, -0.25) is 0 Å². The van der Waals surface area contributed by atoms with E-state index in [-0.39, 0.29) is 0 Å². The smallest absolute Gasteiger partial charge is 0.160 e. The van der Waals surface area contributed by atoms with E-state index in [9.17, 15) is 0 Å². The summed E-state index contributed by atoms with van der Waals surface area (Å²) in [5.74, 6) is 0.856. The van der Waals surface area contributed by atoms with Crippen molar-refractivity contribution >= 4 is 81.1 Å². The lowest BCUT2D eigenvalue weighted by molar-refractivity contribution is 0.632. The highest BCUT2D eigenvalue weighted by atomic mass is 32.1. The first-order valence-corrected chi connectivity index (χ1v) is 17.4. The number of hydrogen-bond donors (Lipinski definition) is 0. The fourth-order valence-electron chi connectivity index (χ4n) is 7.42. The molecule has 0 saturated carbocycles. The van der Waals surface area contributed by atoms with Crippen molar-refractivity contribution in [1.29, 1.82) is 0 Å². The predicted octanol–water partition coefficient (Wildman–Crippen LogP) is 13.9. The Hall–Kier alpha value is -6.16. The molecular weight excluding hydrogens is 615 g/mol. The van der Waals surface area contributed by atoms with Crippen LogP contribution in [0.25, 0.3) is 75.1 Å². The van der Waals surface area contributed by atoms with Gasteiger partial charge in [0, 0.05) is 32.1 Å². The van der Waals surface area contributed by atoms with Crippen LogP contribution in [-0.4, -0.2) is 0 Å². The van der Waals surface area contributed by atoms with Gasteiger partial charge in [0.2, 0.25) is 0 Å². The van der Waals surface area contributed by atoms with Gasteiger partial charge in [0.1, 0.15) is 11.3 Å². The van der Waals surface area contributed by atoms with Gasteiger partial charge in [-0.2, -0.15) is 0 Å². The van der Waals surface area contributed by atoms with E-state index in [2.05, 4.69) is 181 Å². The maximum atomic E-state index is 6.89. The third-order valence-corrected chi connectivity index (χ3v) is 10.9. The lowest BCUT2D eigenvalue weighted by Crippen LogP contribution is -2.10. The monoisotopic (exact) mass is 643 g/mol. The van der Waals surface area contributed by atoms with Gasteiger partial charge in [-0.1, -0.05) is 140 Å². The van der Waals surface area contributed by atoms with E-state index in [4.69, 9.17) is 4.42 Å². The third-order valence-electron chi connectivity index (χ3n) is 9.68. The van der Waals surface area contributed by atoms with Crippen LogP contribution in [0.5, 0.6) is 0 Å². The van der Waals surface area contributed by atoms with E-state index >= 15 is 0 Å². The lowest BCUT2D eigenvalue weighted by Gasteiger charge is -2.27. The zero-order valence-electron chi connectivity index (χ0n) is 26.5. The van der Waals surface area contributed by atoms with E-state index in [0.717, 1.165) is 44.7 Å². The molecule has 0 unspecified atom stereocenters. The molecule has 0 amide bonds. The van der Waals surface area contributed by atoms with E-state index < -0.39 is 0 Å². The molecule has 0 saturated heterocycles. The number of benzene rings is 8. The normalized spacial score (nSPS) is 11.7. The van der Waals surface area contributed by atoms with E-state index in [1.165, 1.54) is 47.5 Å². The highest BCUT2D eigenvalue weighted by molar-refractivity contribution is 7.26. The Balaban J connectivity index is 1.27. The van der Waals surface area contributed by atoms with Crippen molar-refractivity contribution in [3.63, 3.8) is 0 Å². The minimum Gasteiger partial charge on any atom is -0.454 e. The van der Waals surface area contributed by atoms with Crippen LogP contribution in [0.3, 0.4) is 0 Å². The second-order valence-electron chi connectivity index (χ2n) is 12.5. The van der Waals surface area contributed by atoms with Gasteiger partial charge in [-0.15, -0.1) is 11.3 Å². The molecule has 230 valence electrons. The molecule has 0 radical (unpaired) electrons. The highest BCUT2D eigenvalue weighted by Gasteiger charge is 2.27. The van der Waals surface area contributed by atoms with Crippen LogP contribution < -0.4 is 4.90 Å². The van der Waals surface area contributed by atoms with Crippen molar-refractivity contribution < 1.29 is 4.42 Å². The van der Waals surface area contributed by atoms with Crippen LogP contribution in [0.4, 0.5) is 17.1 Å². The Bertz CT molecular complexity index is 2830. The largest absolute Gasteiger partial charge is 0.454 e. The average molecular weight is 644 g/mol. The second-order valence-corrected chi connectivity index (χ2v) is 13.5. The molecule has 0 spiro atoms. The number of para-hydroxylation sites is 1. The molecule has 2 aromatic heterocycles. The molecule has 0 fully saturated rings. The predicted molar refractivity (Wildman–Crippen MR) is 210 cm³/mol. The van der Waals surface area contributed by atoms with Gasteiger partial charge in [-0.05, 0) is 69.1 Å². The van der Waals surface area contributed by atoms with Gasteiger partial charge in [0.05, 0.1) is 10.4 Å². The van der Waals surface area contributed by atoms with Crippen molar-refractivity contribution in [1.82, 2.24) is 0 Å². The molecule has 0 atom stereocenters. The highest BCUT2D eigenvalue weighted by Crippen LogP contribution is 2.51. The van der Waals surface area contributed by atoms with Crippen LogP contribution in [0.1, 0.15) is 0 Å². The van der Waals surface area contributed by atoms with Crippen molar-refractivity contribution in [2.24, 2.45) is 0 Å². The molecule has 10 rings (SSSR count). The van der Waals surface area contributed by atoms with E-state index in [0.29, 0.717) is 0 Å². The molecule has 0 bridgehead atoms. The topological polar surface area (TPSA) is 16.4 Å². The number of furan rings is 1. The Morgan fingerprint density at radius 3 is 1.78 bits per heavy atom. The fraction of sp³-hybridized carbons (Fsp3) is 0. The lowest BCUT2D eigenvalue weighted by atomic mass is 9.97. The Kier molecular flexibility index (Phi) is 6.39. The summed E-state index contributed by atoms with van der Waals surface area (Å²) in [6.45, 7) is 0. The first kappa shape index (κ1) is 27.9. The number of fused-ring (bicyclic) bond motifs is 6. The molecule has 8 aromatic carbocycles. The summed E-state index contributed by atoms with van der Waals surface area (Å²) in [6, 6.07) is 63.1. The zero-order chi connectivity index (χ0) is 32.3. The third kappa shape index (κ3) is 4.47. The SMILES string of the molecule is c1ccc2c(-c3ccc(N(c4c(-c5cccc6ccccc56)oc5ccccc45)c4cccc5c4sc4ccccc45)cc3)cccc2c1. The van der Waals surface area contributed by atoms with Crippen molar-refractivity contribution in [3.05, 3.63) is 176 Å².